The van der Waals surface area contributed by atoms with Crippen LogP contribution in [0.15, 0.2) is 18.2 Å². The monoisotopic (exact) mass is 291 g/mol. The molecule has 20 heavy (non-hydrogen) atoms. The maximum atomic E-state index is 5.87. The topological polar surface area (TPSA) is 12.5 Å². The van der Waals surface area contributed by atoms with E-state index in [4.69, 9.17) is 16.3 Å². The summed E-state index contributed by atoms with van der Waals surface area (Å²) >= 11 is 5.61. The molecule has 0 atom stereocenters. The Morgan fingerprint density at radius 3 is 2.80 bits per heavy atom. The normalized spacial score (nSPS) is 14.9. The highest BCUT2D eigenvalue weighted by molar-refractivity contribution is 6.18. The van der Waals surface area contributed by atoms with Gasteiger partial charge in [0.2, 0.25) is 0 Å². The van der Waals surface area contributed by atoms with Crippen molar-refractivity contribution in [1.29, 1.82) is 0 Å². The molecule has 0 spiro atoms. The summed E-state index contributed by atoms with van der Waals surface area (Å²) in [5.41, 5.74) is 2.17. The number of aryl methyl sites for hydroxylation is 1. The van der Waals surface area contributed by atoms with Gasteiger partial charge in [0, 0.05) is 24.4 Å². The van der Waals surface area contributed by atoms with Gasteiger partial charge in [-0.1, -0.05) is 11.8 Å². The van der Waals surface area contributed by atoms with Gasteiger partial charge in [-0.3, -0.25) is 4.90 Å². The highest BCUT2D eigenvalue weighted by Gasteiger charge is 2.11. The number of halogens is 1. The molecule has 2 nitrogen and oxygen atoms in total. The Labute approximate surface area is 127 Å². The van der Waals surface area contributed by atoms with Gasteiger partial charge in [0.05, 0.1) is 0 Å². The number of alkyl halides is 1. The first-order chi connectivity index (χ1) is 9.79. The SMILES string of the molecule is Cc1cc(C#CCCCl)ccc1OCCN1CCCC1. The van der Waals surface area contributed by atoms with E-state index in [9.17, 15) is 0 Å². The maximum Gasteiger partial charge on any atom is 0.122 e. The largest absolute Gasteiger partial charge is 0.492 e. The number of rotatable bonds is 5. The summed E-state index contributed by atoms with van der Waals surface area (Å²) in [7, 11) is 0. The molecule has 0 amide bonds. The quantitative estimate of drug-likeness (QED) is 0.608. The third kappa shape index (κ3) is 4.74. The van der Waals surface area contributed by atoms with Crippen LogP contribution < -0.4 is 4.74 Å². The van der Waals surface area contributed by atoms with Crippen LogP contribution in [0.25, 0.3) is 0 Å². The first-order valence-corrected chi connectivity index (χ1v) is 7.83. The Morgan fingerprint density at radius 1 is 1.30 bits per heavy atom. The molecule has 0 saturated carbocycles. The second-order valence-electron chi connectivity index (χ2n) is 5.12. The molecule has 0 aliphatic carbocycles. The molecule has 1 heterocycles. The molecule has 0 N–H and O–H groups in total. The maximum absolute atomic E-state index is 5.87. The summed E-state index contributed by atoms with van der Waals surface area (Å²) in [6.07, 6.45) is 3.39. The van der Waals surface area contributed by atoms with E-state index in [2.05, 4.69) is 29.7 Å². The van der Waals surface area contributed by atoms with Crippen LogP contribution in [0.2, 0.25) is 0 Å². The smallest absolute Gasteiger partial charge is 0.122 e. The van der Waals surface area contributed by atoms with Crippen molar-refractivity contribution in [3.63, 3.8) is 0 Å². The summed E-state index contributed by atoms with van der Waals surface area (Å²) in [5, 5.41) is 0. The first kappa shape index (κ1) is 15.2. The molecule has 3 heteroatoms. The number of hydrogen-bond acceptors (Lipinski definition) is 2. The van der Waals surface area contributed by atoms with E-state index in [-0.39, 0.29) is 0 Å². The summed E-state index contributed by atoms with van der Waals surface area (Å²) in [5.74, 6) is 7.72. The van der Waals surface area contributed by atoms with Crippen molar-refractivity contribution >= 4 is 11.6 Å². The second kappa shape index (κ2) is 8.19. The van der Waals surface area contributed by atoms with Gasteiger partial charge in [0.25, 0.3) is 0 Å². The molecule has 1 aliphatic heterocycles. The lowest BCUT2D eigenvalue weighted by Crippen LogP contribution is -2.25. The van der Waals surface area contributed by atoms with E-state index in [1.807, 2.05) is 12.1 Å². The predicted octanol–water partition coefficient (Wildman–Crippen LogP) is 3.45. The molecule has 1 aliphatic rings. The third-order valence-corrected chi connectivity index (χ3v) is 3.68. The Kier molecular flexibility index (Phi) is 6.24. The number of hydrogen-bond donors (Lipinski definition) is 0. The minimum atomic E-state index is 0.587. The number of benzene rings is 1. The van der Waals surface area contributed by atoms with Crippen LogP contribution in [-0.2, 0) is 0 Å². The molecule has 1 fully saturated rings. The highest BCUT2D eigenvalue weighted by atomic mass is 35.5. The summed E-state index contributed by atoms with van der Waals surface area (Å²) in [6.45, 7) is 6.29. The molecule has 0 aromatic heterocycles. The summed E-state index contributed by atoms with van der Waals surface area (Å²) in [4.78, 5) is 2.46. The summed E-state index contributed by atoms with van der Waals surface area (Å²) < 4.78 is 5.87. The third-order valence-electron chi connectivity index (χ3n) is 3.49. The zero-order valence-corrected chi connectivity index (χ0v) is 12.9. The number of ether oxygens (including phenoxy) is 1. The van der Waals surface area contributed by atoms with Gasteiger partial charge in [0.1, 0.15) is 12.4 Å². The van der Waals surface area contributed by atoms with Gasteiger partial charge in [0.15, 0.2) is 0 Å². The van der Waals surface area contributed by atoms with Crippen LogP contribution >= 0.6 is 11.6 Å². The lowest BCUT2D eigenvalue weighted by atomic mass is 10.1. The minimum absolute atomic E-state index is 0.587. The van der Waals surface area contributed by atoms with Crippen LogP contribution in [0.4, 0.5) is 0 Å². The highest BCUT2D eigenvalue weighted by Crippen LogP contribution is 2.19. The Balaban J connectivity index is 1.84. The van der Waals surface area contributed by atoms with E-state index in [0.29, 0.717) is 5.88 Å². The van der Waals surface area contributed by atoms with E-state index < -0.39 is 0 Å². The van der Waals surface area contributed by atoms with Crippen LogP contribution in [-0.4, -0.2) is 37.0 Å². The van der Waals surface area contributed by atoms with Gasteiger partial charge in [-0.2, -0.15) is 0 Å². The minimum Gasteiger partial charge on any atom is -0.492 e. The molecule has 2 rings (SSSR count). The van der Waals surface area contributed by atoms with Crippen molar-refractivity contribution in [2.75, 3.05) is 32.1 Å². The standard InChI is InChI=1S/C17H22ClNO/c1-15-14-16(6-2-3-9-18)7-8-17(15)20-13-12-19-10-4-5-11-19/h7-8,14H,3-5,9-13H2,1H3. The second-order valence-corrected chi connectivity index (χ2v) is 5.50. The van der Waals surface area contributed by atoms with Gasteiger partial charge in [-0.25, -0.2) is 0 Å². The number of likely N-dealkylation sites (tertiary alicyclic amines) is 1. The fourth-order valence-corrected chi connectivity index (χ4v) is 2.49. The van der Waals surface area contributed by atoms with Crippen molar-refractivity contribution in [2.45, 2.75) is 26.2 Å². The lowest BCUT2D eigenvalue weighted by molar-refractivity contribution is 0.237. The zero-order chi connectivity index (χ0) is 14.2. The predicted molar refractivity (Wildman–Crippen MR) is 84.6 cm³/mol. The van der Waals surface area contributed by atoms with Gasteiger partial charge >= 0.3 is 0 Å². The molecule has 108 valence electrons. The fraction of sp³-hybridized carbons (Fsp3) is 0.529. The molecule has 0 radical (unpaired) electrons. The van der Waals surface area contributed by atoms with E-state index in [1.54, 1.807) is 0 Å². The van der Waals surface area contributed by atoms with E-state index >= 15 is 0 Å². The van der Waals surface area contributed by atoms with E-state index in [1.165, 1.54) is 25.9 Å². The molecular weight excluding hydrogens is 270 g/mol. The van der Waals surface area contributed by atoms with Crippen molar-refractivity contribution in [3.8, 4) is 17.6 Å². The van der Waals surface area contributed by atoms with E-state index in [0.717, 1.165) is 36.4 Å². The van der Waals surface area contributed by atoms with Crippen LogP contribution in [0, 0.1) is 18.8 Å². The van der Waals surface area contributed by atoms with Gasteiger partial charge in [-0.15, -0.1) is 11.6 Å². The first-order valence-electron chi connectivity index (χ1n) is 7.30. The Hall–Kier alpha value is -1.17. The molecule has 1 saturated heterocycles. The van der Waals surface area contributed by atoms with Crippen molar-refractivity contribution in [2.24, 2.45) is 0 Å². The van der Waals surface area contributed by atoms with Crippen LogP contribution in [0.1, 0.15) is 30.4 Å². The lowest BCUT2D eigenvalue weighted by Gasteiger charge is -2.15. The zero-order valence-electron chi connectivity index (χ0n) is 12.1. The van der Waals surface area contributed by atoms with Gasteiger partial charge < -0.3 is 4.74 Å². The molecule has 1 aromatic carbocycles. The average Bonchev–Trinajstić information content (AvgIpc) is 2.95. The molecular formula is C17H22ClNO. The van der Waals surface area contributed by atoms with Crippen LogP contribution in [0.3, 0.4) is 0 Å². The average molecular weight is 292 g/mol. The number of nitrogens with zero attached hydrogens (tertiary/aromatic N) is 1. The van der Waals surface area contributed by atoms with Crippen molar-refractivity contribution in [3.05, 3.63) is 29.3 Å². The molecule has 0 unspecified atom stereocenters. The molecule has 1 aromatic rings. The van der Waals surface area contributed by atoms with Crippen molar-refractivity contribution in [1.82, 2.24) is 4.90 Å². The summed E-state index contributed by atoms with van der Waals surface area (Å²) in [6, 6.07) is 6.11. The Morgan fingerprint density at radius 2 is 2.10 bits per heavy atom. The molecule has 0 bridgehead atoms. The Bertz CT molecular complexity index is 483. The van der Waals surface area contributed by atoms with Crippen molar-refractivity contribution < 1.29 is 4.74 Å². The van der Waals surface area contributed by atoms with Crippen LogP contribution in [0.5, 0.6) is 5.75 Å². The fourth-order valence-electron chi connectivity index (χ4n) is 2.39. The van der Waals surface area contributed by atoms with Gasteiger partial charge in [-0.05, 0) is 56.6 Å².